The minimum Gasteiger partial charge on any atom is -0.242 e. The summed E-state index contributed by atoms with van der Waals surface area (Å²) >= 11 is 3.43. The first kappa shape index (κ1) is 19.8. The molecule has 1 aromatic carbocycles. The molecule has 0 aliphatic heterocycles. The highest BCUT2D eigenvalue weighted by Gasteiger charge is 2.35. The zero-order chi connectivity index (χ0) is 18.0. The van der Waals surface area contributed by atoms with E-state index < -0.39 is 21.3 Å². The predicted molar refractivity (Wildman–Crippen MR) is 104 cm³/mol. The van der Waals surface area contributed by atoms with Gasteiger partial charge in [0, 0.05) is 10.0 Å². The van der Waals surface area contributed by atoms with Gasteiger partial charge in [-0.3, -0.25) is 0 Å². The van der Waals surface area contributed by atoms with Gasteiger partial charge in [-0.2, -0.15) is 0 Å². The molecule has 0 amide bonds. The minimum atomic E-state index is -1.29. The summed E-state index contributed by atoms with van der Waals surface area (Å²) < 4.78 is 31.0. The average molecular weight is 416 g/mol. The molecule has 0 saturated heterocycles. The molecule has 2 rings (SSSR count). The highest BCUT2D eigenvalue weighted by atomic mass is 79.9. The van der Waals surface area contributed by atoms with E-state index in [1.165, 1.54) is 24.5 Å². The first-order valence-corrected chi connectivity index (χ1v) is 10.4. The molecular formula is C19H27BrFNOS. The first-order chi connectivity index (χ1) is 11.1. The number of hydrogen-bond donors (Lipinski definition) is 1. The van der Waals surface area contributed by atoms with Gasteiger partial charge in [0.05, 0.1) is 21.3 Å². The highest BCUT2D eigenvalue weighted by molar-refractivity contribution is 9.10. The maximum atomic E-state index is 14.6. The summed E-state index contributed by atoms with van der Waals surface area (Å²) in [5, 5.41) is 0. The Morgan fingerprint density at radius 2 is 1.96 bits per heavy atom. The van der Waals surface area contributed by atoms with Crippen molar-refractivity contribution in [3.05, 3.63) is 45.7 Å². The number of allylic oxidation sites excluding steroid dienone is 1. The summed E-state index contributed by atoms with van der Waals surface area (Å²) in [7, 11) is -1.29. The third-order valence-electron chi connectivity index (χ3n) is 4.36. The molecule has 1 aliphatic carbocycles. The van der Waals surface area contributed by atoms with Crippen molar-refractivity contribution in [3.63, 3.8) is 0 Å². The second-order valence-corrected chi connectivity index (χ2v) is 10.6. The van der Waals surface area contributed by atoms with Crippen LogP contribution < -0.4 is 4.72 Å². The summed E-state index contributed by atoms with van der Waals surface area (Å²) in [4.78, 5) is 0. The molecule has 1 aromatic rings. The van der Waals surface area contributed by atoms with E-state index in [2.05, 4.69) is 26.7 Å². The summed E-state index contributed by atoms with van der Waals surface area (Å²) in [6.07, 6.45) is 7.43. The van der Waals surface area contributed by atoms with Crippen LogP contribution in [0.25, 0.3) is 0 Å². The summed E-state index contributed by atoms with van der Waals surface area (Å²) in [6.45, 7) is 7.73. The lowest BCUT2D eigenvalue weighted by Gasteiger charge is -2.35. The Labute approximate surface area is 156 Å². The average Bonchev–Trinajstić information content (AvgIpc) is 2.49. The molecule has 0 heterocycles. The minimum absolute atomic E-state index is 0.268. The van der Waals surface area contributed by atoms with Crippen LogP contribution in [0.4, 0.5) is 4.39 Å². The Kier molecular flexibility index (Phi) is 6.43. The third kappa shape index (κ3) is 4.99. The smallest absolute Gasteiger partial charge is 0.128 e. The fraction of sp³-hybridized carbons (Fsp3) is 0.579. The molecule has 2 nitrogen and oxygen atoms in total. The zero-order valence-electron chi connectivity index (χ0n) is 14.9. The van der Waals surface area contributed by atoms with E-state index in [1.54, 1.807) is 12.1 Å². The van der Waals surface area contributed by atoms with Crippen molar-refractivity contribution in [1.82, 2.24) is 4.72 Å². The van der Waals surface area contributed by atoms with Crippen LogP contribution in [0.15, 0.2) is 34.3 Å². The maximum absolute atomic E-state index is 14.6. The van der Waals surface area contributed by atoms with Crippen LogP contribution >= 0.6 is 15.9 Å². The molecule has 0 radical (unpaired) electrons. The van der Waals surface area contributed by atoms with Crippen molar-refractivity contribution in [2.24, 2.45) is 0 Å². The van der Waals surface area contributed by atoms with Crippen LogP contribution in [0.1, 0.15) is 65.4 Å². The van der Waals surface area contributed by atoms with Gasteiger partial charge in [-0.25, -0.2) is 13.3 Å². The van der Waals surface area contributed by atoms with Gasteiger partial charge in [0.1, 0.15) is 5.82 Å². The second kappa shape index (κ2) is 7.79. The Balaban J connectivity index is 2.41. The summed E-state index contributed by atoms with van der Waals surface area (Å²) in [5.41, 5.74) is 1.16. The van der Waals surface area contributed by atoms with Gasteiger partial charge in [-0.1, -0.05) is 27.6 Å². The van der Waals surface area contributed by atoms with Crippen LogP contribution in [-0.4, -0.2) is 8.96 Å². The standard InChI is InChI=1S/C19H27BrFNOS/c1-18(2,3)24(23)22-19(4,13-14-8-6-5-7-9-14)16-12-15(20)10-11-17(16)21/h8,10-12,22H,5-7,9,13H2,1-4H3/t19-,24?/m1/s1. The van der Waals surface area contributed by atoms with Crippen molar-refractivity contribution in [3.8, 4) is 0 Å². The van der Waals surface area contributed by atoms with E-state index in [9.17, 15) is 8.60 Å². The van der Waals surface area contributed by atoms with Crippen LogP contribution in [0.3, 0.4) is 0 Å². The van der Waals surface area contributed by atoms with Gasteiger partial charge in [-0.15, -0.1) is 0 Å². The van der Waals surface area contributed by atoms with Gasteiger partial charge in [0.15, 0.2) is 0 Å². The van der Waals surface area contributed by atoms with E-state index >= 15 is 0 Å². The quantitative estimate of drug-likeness (QED) is 0.609. The number of halogens is 2. The summed E-state index contributed by atoms with van der Waals surface area (Å²) in [6, 6.07) is 4.96. The first-order valence-electron chi connectivity index (χ1n) is 8.45. The molecule has 1 unspecified atom stereocenters. The van der Waals surface area contributed by atoms with Crippen LogP contribution in [0.2, 0.25) is 0 Å². The number of benzene rings is 1. The van der Waals surface area contributed by atoms with Crippen molar-refractivity contribution in [2.45, 2.75) is 70.1 Å². The van der Waals surface area contributed by atoms with Crippen molar-refractivity contribution < 1.29 is 8.60 Å². The van der Waals surface area contributed by atoms with Gasteiger partial charge in [-0.05, 0) is 78.0 Å². The Morgan fingerprint density at radius 1 is 1.25 bits per heavy atom. The van der Waals surface area contributed by atoms with Crippen LogP contribution in [0.5, 0.6) is 0 Å². The molecule has 2 atom stereocenters. The Hall–Kier alpha value is -0.520. The second-order valence-electron chi connectivity index (χ2n) is 7.72. The lowest BCUT2D eigenvalue weighted by Crippen LogP contribution is -2.47. The highest BCUT2D eigenvalue weighted by Crippen LogP contribution is 2.36. The Bertz CT molecular complexity index is 653. The zero-order valence-corrected chi connectivity index (χ0v) is 17.3. The maximum Gasteiger partial charge on any atom is 0.128 e. The molecule has 5 heteroatoms. The SMILES string of the molecule is CC(C)(C)S(=O)N[C@](C)(CC1=CCCCC1)c1cc(Br)ccc1F. The van der Waals surface area contributed by atoms with Gasteiger partial charge >= 0.3 is 0 Å². The summed E-state index contributed by atoms with van der Waals surface area (Å²) in [5.74, 6) is -0.268. The molecular weight excluding hydrogens is 389 g/mol. The number of hydrogen-bond acceptors (Lipinski definition) is 1. The molecule has 24 heavy (non-hydrogen) atoms. The monoisotopic (exact) mass is 415 g/mol. The fourth-order valence-electron chi connectivity index (χ4n) is 2.98. The van der Waals surface area contributed by atoms with Crippen molar-refractivity contribution in [2.75, 3.05) is 0 Å². The number of rotatable bonds is 5. The van der Waals surface area contributed by atoms with Crippen molar-refractivity contribution in [1.29, 1.82) is 0 Å². The molecule has 1 aliphatic rings. The molecule has 1 N–H and O–H groups in total. The Morgan fingerprint density at radius 3 is 2.54 bits per heavy atom. The van der Waals surface area contributed by atoms with Crippen LogP contribution in [-0.2, 0) is 16.5 Å². The molecule has 134 valence electrons. The lowest BCUT2D eigenvalue weighted by atomic mass is 9.83. The van der Waals surface area contributed by atoms with E-state index in [-0.39, 0.29) is 5.82 Å². The fourth-order valence-corrected chi connectivity index (χ4v) is 4.24. The molecule has 0 saturated carbocycles. The lowest BCUT2D eigenvalue weighted by molar-refractivity contribution is 0.404. The third-order valence-corrected chi connectivity index (χ3v) is 6.60. The molecule has 0 spiro atoms. The molecule has 0 aromatic heterocycles. The normalized spacial score (nSPS) is 19.5. The van der Waals surface area contributed by atoms with Gasteiger partial charge in [0.2, 0.25) is 0 Å². The van der Waals surface area contributed by atoms with E-state index in [0.717, 1.165) is 17.3 Å². The molecule has 0 bridgehead atoms. The predicted octanol–water partition coefficient (Wildman–Crippen LogP) is 5.75. The van der Waals surface area contributed by atoms with E-state index in [4.69, 9.17) is 0 Å². The van der Waals surface area contributed by atoms with Gasteiger partial charge in [0.25, 0.3) is 0 Å². The van der Waals surface area contributed by atoms with Crippen molar-refractivity contribution >= 4 is 26.9 Å². The van der Waals surface area contributed by atoms with Gasteiger partial charge < -0.3 is 0 Å². The number of nitrogens with one attached hydrogen (secondary N) is 1. The van der Waals surface area contributed by atoms with E-state index in [1.807, 2.05) is 27.7 Å². The molecule has 0 fully saturated rings. The topological polar surface area (TPSA) is 29.1 Å². The van der Waals surface area contributed by atoms with Crippen LogP contribution in [0, 0.1) is 5.82 Å². The largest absolute Gasteiger partial charge is 0.242 e. The van der Waals surface area contributed by atoms with E-state index in [0.29, 0.717) is 12.0 Å².